The van der Waals surface area contributed by atoms with Crippen LogP contribution < -0.4 is 10.2 Å². The number of hydrogen-bond donors (Lipinski definition) is 1. The Morgan fingerprint density at radius 1 is 0.941 bits per heavy atom. The number of nitrogens with one attached hydrogen (secondary N) is 1. The molecule has 0 bridgehead atoms. The summed E-state index contributed by atoms with van der Waals surface area (Å²) in [6, 6.07) is 22.1. The maximum atomic E-state index is 12.8. The van der Waals surface area contributed by atoms with Crippen LogP contribution in [0.5, 0.6) is 0 Å². The maximum absolute atomic E-state index is 12.8. The molecule has 1 N–H and O–H groups in total. The lowest BCUT2D eigenvalue weighted by Gasteiger charge is -2.25. The Morgan fingerprint density at radius 2 is 1.65 bits per heavy atom. The lowest BCUT2D eigenvalue weighted by atomic mass is 9.87. The van der Waals surface area contributed by atoms with Gasteiger partial charge in [-0.1, -0.05) is 51.1 Å². The first kappa shape index (κ1) is 22.7. The molecule has 4 nitrogen and oxygen atoms in total. The molecule has 3 aromatic carbocycles. The zero-order chi connectivity index (χ0) is 23.9. The van der Waals surface area contributed by atoms with E-state index in [4.69, 9.17) is 0 Å². The SMILES string of the molecule is CC(C)(C)c1ccc(C(=O)Nc2ccc(C3SCC(=O)N3c3ccc4c(c3)CCC4)cc2)cc1. The number of hydrogen-bond acceptors (Lipinski definition) is 3. The second kappa shape index (κ2) is 8.95. The molecule has 1 saturated heterocycles. The summed E-state index contributed by atoms with van der Waals surface area (Å²) < 4.78 is 0. The van der Waals surface area contributed by atoms with Gasteiger partial charge in [0, 0.05) is 16.9 Å². The van der Waals surface area contributed by atoms with Crippen LogP contribution in [0.2, 0.25) is 0 Å². The standard InChI is InChI=1S/C29H30N2O2S/c1-29(2,3)23-12-7-20(8-13-23)27(33)30-24-14-9-21(10-15-24)28-31(26(32)18-34-28)25-16-11-19-5-4-6-22(19)17-25/h7-17,28H,4-6,18H2,1-3H3,(H,30,33). The fraction of sp³-hybridized carbons (Fsp3) is 0.310. The summed E-state index contributed by atoms with van der Waals surface area (Å²) >= 11 is 1.65. The molecule has 0 spiro atoms. The second-order valence-corrected chi connectivity index (χ2v) is 11.2. The number of carbonyl (C=O) groups excluding carboxylic acids is 2. The third-order valence-electron chi connectivity index (χ3n) is 6.69. The van der Waals surface area contributed by atoms with Crippen LogP contribution in [0.4, 0.5) is 11.4 Å². The number of nitrogens with zero attached hydrogens (tertiary/aromatic N) is 1. The van der Waals surface area contributed by atoms with Crippen LogP contribution in [0, 0.1) is 0 Å². The smallest absolute Gasteiger partial charge is 0.255 e. The lowest BCUT2D eigenvalue weighted by molar-refractivity contribution is -0.115. The number of carbonyl (C=O) groups is 2. The van der Waals surface area contributed by atoms with E-state index in [2.05, 4.69) is 44.3 Å². The largest absolute Gasteiger partial charge is 0.322 e. The molecule has 5 heteroatoms. The first-order valence-corrected chi connectivity index (χ1v) is 12.9. The highest BCUT2D eigenvalue weighted by Crippen LogP contribution is 2.43. The van der Waals surface area contributed by atoms with Crippen LogP contribution in [0.3, 0.4) is 0 Å². The first-order valence-electron chi connectivity index (χ1n) is 11.9. The molecule has 3 aromatic rings. The van der Waals surface area contributed by atoms with E-state index in [1.165, 1.54) is 23.1 Å². The molecule has 1 fully saturated rings. The van der Waals surface area contributed by atoms with E-state index in [1.807, 2.05) is 53.4 Å². The van der Waals surface area contributed by atoms with Crippen molar-refractivity contribution in [2.75, 3.05) is 16.0 Å². The third kappa shape index (κ3) is 4.49. The normalized spacial score (nSPS) is 17.7. The van der Waals surface area contributed by atoms with Crippen molar-refractivity contribution < 1.29 is 9.59 Å². The van der Waals surface area contributed by atoms with Gasteiger partial charge in [-0.25, -0.2) is 0 Å². The molecule has 0 saturated carbocycles. The summed E-state index contributed by atoms with van der Waals surface area (Å²) in [5.41, 5.74) is 7.45. The van der Waals surface area contributed by atoms with E-state index in [9.17, 15) is 9.59 Å². The summed E-state index contributed by atoms with van der Waals surface area (Å²) in [7, 11) is 0. The monoisotopic (exact) mass is 470 g/mol. The van der Waals surface area contributed by atoms with E-state index in [-0.39, 0.29) is 22.6 Å². The van der Waals surface area contributed by atoms with Gasteiger partial charge in [-0.2, -0.15) is 0 Å². The van der Waals surface area contributed by atoms with E-state index in [0.717, 1.165) is 29.8 Å². The molecule has 1 atom stereocenters. The zero-order valence-electron chi connectivity index (χ0n) is 19.9. The maximum Gasteiger partial charge on any atom is 0.255 e. The molecule has 0 aromatic heterocycles. The van der Waals surface area contributed by atoms with Crippen LogP contribution in [0.25, 0.3) is 0 Å². The van der Waals surface area contributed by atoms with Crippen LogP contribution in [-0.4, -0.2) is 17.6 Å². The number of benzene rings is 3. The Bertz CT molecular complexity index is 1230. The van der Waals surface area contributed by atoms with E-state index < -0.39 is 0 Å². The van der Waals surface area contributed by atoms with Crippen LogP contribution in [0.15, 0.2) is 66.7 Å². The van der Waals surface area contributed by atoms with Crippen molar-refractivity contribution in [1.82, 2.24) is 0 Å². The first-order chi connectivity index (χ1) is 16.3. The molecule has 1 unspecified atom stereocenters. The molecule has 0 radical (unpaired) electrons. The third-order valence-corrected chi connectivity index (χ3v) is 7.91. The molecular weight excluding hydrogens is 440 g/mol. The van der Waals surface area contributed by atoms with Gasteiger partial charge in [0.25, 0.3) is 5.91 Å². The Balaban J connectivity index is 1.30. The van der Waals surface area contributed by atoms with Gasteiger partial charge < -0.3 is 5.32 Å². The number of rotatable bonds is 4. The van der Waals surface area contributed by atoms with Gasteiger partial charge in [0.1, 0.15) is 5.37 Å². The Morgan fingerprint density at radius 3 is 2.35 bits per heavy atom. The van der Waals surface area contributed by atoms with E-state index in [1.54, 1.807) is 11.8 Å². The van der Waals surface area contributed by atoms with Gasteiger partial charge >= 0.3 is 0 Å². The highest BCUT2D eigenvalue weighted by molar-refractivity contribution is 8.00. The van der Waals surface area contributed by atoms with Gasteiger partial charge in [0.05, 0.1) is 5.75 Å². The average Bonchev–Trinajstić information content (AvgIpc) is 3.45. The predicted octanol–water partition coefficient (Wildman–Crippen LogP) is 6.50. The Hall–Kier alpha value is -3.05. The number of fused-ring (bicyclic) bond motifs is 1. The Labute approximate surface area is 205 Å². The van der Waals surface area contributed by atoms with E-state index >= 15 is 0 Å². The minimum atomic E-state index is -0.126. The molecule has 1 aliphatic carbocycles. The van der Waals surface area contributed by atoms with Gasteiger partial charge in [-0.05, 0) is 83.3 Å². The topological polar surface area (TPSA) is 49.4 Å². The molecule has 174 valence electrons. The minimum Gasteiger partial charge on any atom is -0.322 e. The van der Waals surface area contributed by atoms with Crippen molar-refractivity contribution in [2.45, 2.75) is 50.8 Å². The molecule has 34 heavy (non-hydrogen) atoms. The molecule has 1 aliphatic heterocycles. The van der Waals surface area contributed by atoms with Crippen molar-refractivity contribution in [2.24, 2.45) is 0 Å². The lowest BCUT2D eigenvalue weighted by Crippen LogP contribution is -2.27. The van der Waals surface area contributed by atoms with Gasteiger partial charge in [0.2, 0.25) is 5.91 Å². The number of anilines is 2. The Kier molecular flexibility index (Phi) is 5.98. The molecule has 2 aliphatic rings. The molecule has 2 amide bonds. The van der Waals surface area contributed by atoms with Crippen molar-refractivity contribution in [3.8, 4) is 0 Å². The summed E-state index contributed by atoms with van der Waals surface area (Å²) in [4.78, 5) is 27.4. The predicted molar refractivity (Wildman–Crippen MR) is 141 cm³/mol. The van der Waals surface area contributed by atoms with Gasteiger partial charge in [-0.3, -0.25) is 14.5 Å². The quantitative estimate of drug-likeness (QED) is 0.473. The van der Waals surface area contributed by atoms with Gasteiger partial charge in [-0.15, -0.1) is 11.8 Å². The van der Waals surface area contributed by atoms with Gasteiger partial charge in [0.15, 0.2) is 0 Å². The van der Waals surface area contributed by atoms with Crippen LogP contribution in [-0.2, 0) is 23.1 Å². The van der Waals surface area contributed by atoms with Crippen molar-refractivity contribution in [3.05, 3.63) is 94.5 Å². The van der Waals surface area contributed by atoms with Crippen molar-refractivity contribution in [1.29, 1.82) is 0 Å². The van der Waals surface area contributed by atoms with Crippen molar-refractivity contribution >= 4 is 35.0 Å². The fourth-order valence-electron chi connectivity index (χ4n) is 4.71. The summed E-state index contributed by atoms with van der Waals surface area (Å²) in [5.74, 6) is 0.493. The summed E-state index contributed by atoms with van der Waals surface area (Å²) in [6.45, 7) is 6.47. The van der Waals surface area contributed by atoms with Crippen LogP contribution in [0.1, 0.15) is 65.2 Å². The van der Waals surface area contributed by atoms with Crippen molar-refractivity contribution in [3.63, 3.8) is 0 Å². The number of thioether (sulfide) groups is 1. The number of amides is 2. The summed E-state index contributed by atoms with van der Waals surface area (Å²) in [5, 5.41) is 2.93. The highest BCUT2D eigenvalue weighted by atomic mass is 32.2. The average molecular weight is 471 g/mol. The summed E-state index contributed by atoms with van der Waals surface area (Å²) in [6.07, 6.45) is 3.42. The van der Waals surface area contributed by atoms with Crippen LogP contribution >= 0.6 is 11.8 Å². The molecular formula is C29H30N2O2S. The minimum absolute atomic E-state index is 0.0537. The number of aryl methyl sites for hydroxylation is 2. The highest BCUT2D eigenvalue weighted by Gasteiger charge is 2.34. The second-order valence-electron chi connectivity index (χ2n) is 10.1. The van der Waals surface area contributed by atoms with E-state index in [0.29, 0.717) is 11.3 Å². The zero-order valence-corrected chi connectivity index (χ0v) is 20.7. The molecule has 1 heterocycles. The fourth-order valence-corrected chi connectivity index (χ4v) is 5.89. The molecule has 5 rings (SSSR count).